The van der Waals surface area contributed by atoms with Crippen LogP contribution in [0.2, 0.25) is 0 Å². The van der Waals surface area contributed by atoms with Gasteiger partial charge in [-0.3, -0.25) is 9.78 Å². The van der Waals surface area contributed by atoms with Gasteiger partial charge in [0.05, 0.1) is 7.11 Å². The number of aryl methyl sites for hydroxylation is 1. The number of pyridine rings is 1. The van der Waals surface area contributed by atoms with E-state index in [9.17, 15) is 4.79 Å². The van der Waals surface area contributed by atoms with E-state index in [0.29, 0.717) is 17.0 Å². The Hall–Kier alpha value is -2.36. The smallest absolute Gasteiger partial charge is 0.256 e. The van der Waals surface area contributed by atoms with E-state index in [4.69, 9.17) is 4.74 Å². The number of carbonyl (C=O) groups is 1. The van der Waals surface area contributed by atoms with E-state index in [-0.39, 0.29) is 5.91 Å². The zero-order chi connectivity index (χ0) is 13.8. The van der Waals surface area contributed by atoms with E-state index < -0.39 is 0 Å². The third-order valence-corrected chi connectivity index (χ3v) is 3.03. The van der Waals surface area contributed by atoms with Gasteiger partial charge in [0.25, 0.3) is 5.91 Å². The fourth-order valence-corrected chi connectivity index (χ4v) is 1.79. The van der Waals surface area contributed by atoms with Gasteiger partial charge in [0.2, 0.25) is 0 Å². The van der Waals surface area contributed by atoms with E-state index in [2.05, 4.69) is 10.3 Å². The van der Waals surface area contributed by atoms with Gasteiger partial charge >= 0.3 is 0 Å². The summed E-state index contributed by atoms with van der Waals surface area (Å²) in [6.45, 7) is 3.78. The van der Waals surface area contributed by atoms with Gasteiger partial charge in [-0.2, -0.15) is 0 Å². The maximum absolute atomic E-state index is 12.2. The number of carbonyl (C=O) groups excluding carboxylic acids is 1. The monoisotopic (exact) mass is 256 g/mol. The lowest BCUT2D eigenvalue weighted by Crippen LogP contribution is -2.14. The molecule has 1 amide bonds. The number of methoxy groups -OCH3 is 1. The molecule has 0 aliphatic carbocycles. The molecule has 1 N–H and O–H groups in total. The maximum Gasteiger partial charge on any atom is 0.256 e. The summed E-state index contributed by atoms with van der Waals surface area (Å²) in [5, 5.41) is 2.85. The first-order chi connectivity index (χ1) is 9.11. The highest BCUT2D eigenvalue weighted by Gasteiger charge is 2.11. The second kappa shape index (κ2) is 5.52. The lowest BCUT2D eigenvalue weighted by Gasteiger charge is -2.09. The summed E-state index contributed by atoms with van der Waals surface area (Å²) in [6, 6.07) is 8.99. The minimum atomic E-state index is -0.142. The molecule has 0 fully saturated rings. The van der Waals surface area contributed by atoms with Crippen LogP contribution in [-0.4, -0.2) is 18.0 Å². The molecule has 4 heteroatoms. The molecule has 2 rings (SSSR count). The zero-order valence-corrected chi connectivity index (χ0v) is 11.2. The molecule has 0 unspecified atom stereocenters. The predicted octanol–water partition coefficient (Wildman–Crippen LogP) is 2.96. The molecule has 0 saturated carbocycles. The molecular formula is C15H16N2O2. The first-order valence-corrected chi connectivity index (χ1v) is 5.99. The molecule has 2 aromatic rings. The Balaban J connectivity index is 2.23. The highest BCUT2D eigenvalue weighted by molar-refractivity contribution is 6.05. The number of aromatic nitrogens is 1. The number of rotatable bonds is 3. The number of anilines is 1. The zero-order valence-electron chi connectivity index (χ0n) is 11.2. The van der Waals surface area contributed by atoms with Crippen molar-refractivity contribution in [3.63, 3.8) is 0 Å². The molecule has 1 heterocycles. The minimum absolute atomic E-state index is 0.142. The summed E-state index contributed by atoms with van der Waals surface area (Å²) in [6.07, 6.45) is 1.64. The van der Waals surface area contributed by atoms with Crippen molar-refractivity contribution in [3.8, 4) is 5.75 Å². The Labute approximate surface area is 112 Å². The fraction of sp³-hybridized carbons (Fsp3) is 0.200. The molecule has 19 heavy (non-hydrogen) atoms. The van der Waals surface area contributed by atoms with Crippen molar-refractivity contribution in [1.29, 1.82) is 0 Å². The van der Waals surface area contributed by atoms with Crippen molar-refractivity contribution in [2.45, 2.75) is 13.8 Å². The van der Waals surface area contributed by atoms with E-state index in [1.165, 1.54) is 0 Å². The number of amides is 1. The molecule has 0 spiro atoms. The number of hydrogen-bond donors (Lipinski definition) is 1. The van der Waals surface area contributed by atoms with Crippen molar-refractivity contribution in [2.75, 3.05) is 12.4 Å². The quantitative estimate of drug-likeness (QED) is 0.918. The van der Waals surface area contributed by atoms with E-state index in [1.807, 2.05) is 32.0 Å². The SMILES string of the molecule is COc1cccc(NC(=O)c2ccnc(C)c2C)c1. The van der Waals surface area contributed by atoms with Gasteiger partial charge in [-0.15, -0.1) is 0 Å². The summed E-state index contributed by atoms with van der Waals surface area (Å²) in [5.41, 5.74) is 3.09. The van der Waals surface area contributed by atoms with Gasteiger partial charge < -0.3 is 10.1 Å². The molecule has 1 aromatic carbocycles. The lowest BCUT2D eigenvalue weighted by atomic mass is 10.1. The van der Waals surface area contributed by atoms with Crippen LogP contribution >= 0.6 is 0 Å². The number of hydrogen-bond acceptors (Lipinski definition) is 3. The van der Waals surface area contributed by atoms with Gasteiger partial charge in [0.15, 0.2) is 0 Å². The van der Waals surface area contributed by atoms with Crippen LogP contribution in [-0.2, 0) is 0 Å². The number of ether oxygens (including phenoxy) is 1. The van der Waals surface area contributed by atoms with Crippen LogP contribution in [0.4, 0.5) is 5.69 Å². The van der Waals surface area contributed by atoms with Crippen LogP contribution in [0.5, 0.6) is 5.75 Å². The van der Waals surface area contributed by atoms with Crippen LogP contribution in [0.25, 0.3) is 0 Å². The fourth-order valence-electron chi connectivity index (χ4n) is 1.79. The predicted molar refractivity (Wildman–Crippen MR) is 74.7 cm³/mol. The van der Waals surface area contributed by atoms with Gasteiger partial charge in [-0.1, -0.05) is 6.07 Å². The third-order valence-electron chi connectivity index (χ3n) is 3.03. The standard InChI is InChI=1S/C15H16N2O2/c1-10-11(2)16-8-7-14(10)15(18)17-12-5-4-6-13(9-12)19-3/h4-9H,1-3H3,(H,17,18). The first kappa shape index (κ1) is 13.1. The molecule has 0 atom stereocenters. The Morgan fingerprint density at radius 1 is 1.26 bits per heavy atom. The molecule has 4 nitrogen and oxygen atoms in total. The lowest BCUT2D eigenvalue weighted by molar-refractivity contribution is 0.102. The molecule has 0 bridgehead atoms. The van der Waals surface area contributed by atoms with Gasteiger partial charge in [-0.25, -0.2) is 0 Å². The number of nitrogens with one attached hydrogen (secondary N) is 1. The average Bonchev–Trinajstić information content (AvgIpc) is 2.42. The molecular weight excluding hydrogens is 240 g/mol. The van der Waals surface area contributed by atoms with E-state index >= 15 is 0 Å². The van der Waals surface area contributed by atoms with Gasteiger partial charge in [0, 0.05) is 29.2 Å². The first-order valence-electron chi connectivity index (χ1n) is 5.99. The van der Waals surface area contributed by atoms with Gasteiger partial charge in [-0.05, 0) is 37.6 Å². The summed E-state index contributed by atoms with van der Waals surface area (Å²) < 4.78 is 5.12. The summed E-state index contributed by atoms with van der Waals surface area (Å²) >= 11 is 0. The third kappa shape index (κ3) is 2.91. The van der Waals surface area contributed by atoms with Crippen molar-refractivity contribution < 1.29 is 9.53 Å². The number of nitrogens with zero attached hydrogens (tertiary/aromatic N) is 1. The second-order valence-corrected chi connectivity index (χ2v) is 4.26. The topological polar surface area (TPSA) is 51.2 Å². The Kier molecular flexibility index (Phi) is 3.80. The van der Waals surface area contributed by atoms with E-state index in [1.54, 1.807) is 25.4 Å². The molecule has 0 aliphatic rings. The van der Waals surface area contributed by atoms with E-state index in [0.717, 1.165) is 11.3 Å². The summed E-state index contributed by atoms with van der Waals surface area (Å²) in [4.78, 5) is 16.4. The molecule has 0 aliphatic heterocycles. The largest absolute Gasteiger partial charge is 0.497 e. The van der Waals surface area contributed by atoms with Crippen LogP contribution in [0.15, 0.2) is 36.5 Å². The Morgan fingerprint density at radius 3 is 2.79 bits per heavy atom. The van der Waals surface area contributed by atoms with Crippen LogP contribution in [0, 0.1) is 13.8 Å². The summed E-state index contributed by atoms with van der Waals surface area (Å²) in [7, 11) is 1.59. The maximum atomic E-state index is 12.2. The van der Waals surface area contributed by atoms with Crippen molar-refractivity contribution in [3.05, 3.63) is 53.3 Å². The molecule has 0 saturated heterocycles. The Morgan fingerprint density at radius 2 is 2.05 bits per heavy atom. The van der Waals surface area contributed by atoms with Crippen molar-refractivity contribution >= 4 is 11.6 Å². The van der Waals surface area contributed by atoms with Crippen molar-refractivity contribution in [2.24, 2.45) is 0 Å². The highest BCUT2D eigenvalue weighted by Crippen LogP contribution is 2.18. The minimum Gasteiger partial charge on any atom is -0.497 e. The number of benzene rings is 1. The van der Waals surface area contributed by atoms with Crippen LogP contribution < -0.4 is 10.1 Å². The average molecular weight is 256 g/mol. The Bertz CT molecular complexity index is 609. The second-order valence-electron chi connectivity index (χ2n) is 4.26. The molecule has 98 valence electrons. The normalized spacial score (nSPS) is 10.1. The molecule has 0 radical (unpaired) electrons. The summed E-state index contributed by atoms with van der Waals surface area (Å²) in [5.74, 6) is 0.566. The highest BCUT2D eigenvalue weighted by atomic mass is 16.5. The van der Waals surface area contributed by atoms with Gasteiger partial charge in [0.1, 0.15) is 5.75 Å². The van der Waals surface area contributed by atoms with Crippen LogP contribution in [0.1, 0.15) is 21.6 Å². The van der Waals surface area contributed by atoms with Crippen molar-refractivity contribution in [1.82, 2.24) is 4.98 Å². The van der Waals surface area contributed by atoms with Crippen LogP contribution in [0.3, 0.4) is 0 Å². The molecule has 1 aromatic heterocycles.